The van der Waals surface area contributed by atoms with E-state index in [1.807, 2.05) is 59.1 Å². The van der Waals surface area contributed by atoms with Crippen molar-refractivity contribution in [3.8, 4) is 11.3 Å². The molecule has 28 heavy (non-hydrogen) atoms. The number of carbonyl (C=O) groups excluding carboxylic acids is 1. The van der Waals surface area contributed by atoms with Crippen LogP contribution in [0.3, 0.4) is 0 Å². The number of ether oxygens (including phenoxy) is 1. The lowest BCUT2D eigenvalue weighted by Crippen LogP contribution is -2.10. The van der Waals surface area contributed by atoms with Gasteiger partial charge in [-0.05, 0) is 36.2 Å². The molecule has 142 valence electrons. The standard InChI is InChI=1S/C21H19ClN4O2/c1-28-21(27)24-14-7-6-13-9-11-26-18(8-10-23)19(25-20(26)16(13)12-14)15-4-2-3-5-17(15)22/h2-7,9,11-12H,8,10,23H2,1H3,(H,24,27). The third-order valence-electron chi connectivity index (χ3n) is 4.65. The van der Waals surface area contributed by atoms with Crippen LogP contribution < -0.4 is 11.1 Å². The number of rotatable bonds is 4. The maximum absolute atomic E-state index is 11.6. The van der Waals surface area contributed by atoms with Crippen LogP contribution in [-0.4, -0.2) is 29.1 Å². The third-order valence-corrected chi connectivity index (χ3v) is 4.98. The van der Waals surface area contributed by atoms with Gasteiger partial charge in [0.2, 0.25) is 0 Å². The smallest absolute Gasteiger partial charge is 0.411 e. The van der Waals surface area contributed by atoms with Crippen molar-refractivity contribution in [3.05, 3.63) is 65.4 Å². The van der Waals surface area contributed by atoms with Crippen LogP contribution in [0.1, 0.15) is 5.69 Å². The van der Waals surface area contributed by atoms with Crippen LogP contribution in [0.2, 0.25) is 5.02 Å². The molecule has 0 aliphatic carbocycles. The number of nitrogens with zero attached hydrogens (tertiary/aromatic N) is 2. The van der Waals surface area contributed by atoms with Gasteiger partial charge in [0, 0.05) is 29.3 Å². The molecule has 0 saturated heterocycles. The minimum Gasteiger partial charge on any atom is -0.453 e. The Labute approximate surface area is 166 Å². The normalized spacial score (nSPS) is 11.1. The largest absolute Gasteiger partial charge is 0.453 e. The lowest BCUT2D eigenvalue weighted by Gasteiger charge is -2.07. The van der Waals surface area contributed by atoms with Gasteiger partial charge < -0.3 is 14.9 Å². The Hall–Kier alpha value is -3.09. The van der Waals surface area contributed by atoms with Crippen LogP contribution in [0, 0.1) is 0 Å². The molecule has 4 rings (SSSR count). The summed E-state index contributed by atoms with van der Waals surface area (Å²) < 4.78 is 6.72. The molecule has 0 atom stereocenters. The van der Waals surface area contributed by atoms with E-state index in [4.69, 9.17) is 22.3 Å². The molecule has 2 aromatic carbocycles. The van der Waals surface area contributed by atoms with E-state index in [2.05, 4.69) is 10.1 Å². The summed E-state index contributed by atoms with van der Waals surface area (Å²) in [4.78, 5) is 16.5. The van der Waals surface area contributed by atoms with E-state index in [9.17, 15) is 4.79 Å². The molecule has 0 fully saturated rings. The average molecular weight is 395 g/mol. The number of fused-ring (bicyclic) bond motifs is 3. The first kappa shape index (κ1) is 18.3. The summed E-state index contributed by atoms with van der Waals surface area (Å²) in [5.41, 5.74) is 9.97. The number of aromatic nitrogens is 2. The Kier molecular flexibility index (Phi) is 4.90. The van der Waals surface area contributed by atoms with E-state index in [0.29, 0.717) is 23.7 Å². The van der Waals surface area contributed by atoms with Crippen LogP contribution in [0.4, 0.5) is 10.5 Å². The Morgan fingerprint density at radius 1 is 1.25 bits per heavy atom. The number of hydrogen-bond acceptors (Lipinski definition) is 4. The van der Waals surface area contributed by atoms with Crippen molar-refractivity contribution in [2.75, 3.05) is 19.0 Å². The van der Waals surface area contributed by atoms with Gasteiger partial charge in [-0.3, -0.25) is 5.32 Å². The van der Waals surface area contributed by atoms with Crippen molar-refractivity contribution in [2.45, 2.75) is 6.42 Å². The lowest BCUT2D eigenvalue weighted by atomic mass is 10.1. The summed E-state index contributed by atoms with van der Waals surface area (Å²) in [6.07, 6.45) is 2.13. The highest BCUT2D eigenvalue weighted by Crippen LogP contribution is 2.33. The van der Waals surface area contributed by atoms with Crippen LogP contribution in [-0.2, 0) is 11.2 Å². The highest BCUT2D eigenvalue weighted by atomic mass is 35.5. The summed E-state index contributed by atoms with van der Waals surface area (Å²) in [6.45, 7) is 0.493. The highest BCUT2D eigenvalue weighted by molar-refractivity contribution is 6.33. The summed E-state index contributed by atoms with van der Waals surface area (Å²) in [7, 11) is 1.33. The zero-order chi connectivity index (χ0) is 19.7. The van der Waals surface area contributed by atoms with Crippen LogP contribution >= 0.6 is 11.6 Å². The van der Waals surface area contributed by atoms with E-state index in [1.165, 1.54) is 7.11 Å². The van der Waals surface area contributed by atoms with Crippen LogP contribution in [0.5, 0.6) is 0 Å². The number of nitrogens with one attached hydrogen (secondary N) is 1. The minimum atomic E-state index is -0.518. The number of nitrogens with two attached hydrogens (primary N) is 1. The first-order chi connectivity index (χ1) is 13.6. The number of halogens is 1. The predicted molar refractivity (Wildman–Crippen MR) is 112 cm³/mol. The molecule has 7 heteroatoms. The topological polar surface area (TPSA) is 81.6 Å². The van der Waals surface area contributed by atoms with E-state index in [-0.39, 0.29) is 0 Å². The van der Waals surface area contributed by atoms with Crippen molar-refractivity contribution in [1.82, 2.24) is 9.38 Å². The molecule has 4 aromatic rings. The first-order valence-electron chi connectivity index (χ1n) is 8.86. The molecule has 0 aliphatic rings. The number of carbonyl (C=O) groups is 1. The van der Waals surface area contributed by atoms with Gasteiger partial charge in [-0.25, -0.2) is 9.78 Å². The fourth-order valence-corrected chi connectivity index (χ4v) is 3.58. The first-order valence-corrected chi connectivity index (χ1v) is 9.24. The molecule has 2 heterocycles. The molecular weight excluding hydrogens is 376 g/mol. The molecule has 0 saturated carbocycles. The number of anilines is 1. The summed E-state index contributed by atoms with van der Waals surface area (Å²) >= 11 is 6.43. The highest BCUT2D eigenvalue weighted by Gasteiger charge is 2.17. The number of imidazole rings is 1. The molecule has 6 nitrogen and oxygen atoms in total. The fourth-order valence-electron chi connectivity index (χ4n) is 3.36. The lowest BCUT2D eigenvalue weighted by molar-refractivity contribution is 0.187. The number of hydrogen-bond donors (Lipinski definition) is 2. The van der Waals surface area contributed by atoms with E-state index in [0.717, 1.165) is 33.4 Å². The second-order valence-corrected chi connectivity index (χ2v) is 6.76. The van der Waals surface area contributed by atoms with Crippen LogP contribution in [0.25, 0.3) is 27.7 Å². The van der Waals surface area contributed by atoms with Gasteiger partial charge in [-0.1, -0.05) is 35.9 Å². The molecular formula is C21H19ClN4O2. The summed E-state index contributed by atoms with van der Waals surface area (Å²) in [5.74, 6) is 0. The Balaban J connectivity index is 1.97. The number of benzene rings is 2. The monoisotopic (exact) mass is 394 g/mol. The minimum absolute atomic E-state index is 0.493. The van der Waals surface area contributed by atoms with Gasteiger partial charge in [0.1, 0.15) is 5.65 Å². The Morgan fingerprint density at radius 2 is 2.07 bits per heavy atom. The predicted octanol–water partition coefficient (Wildman–Crippen LogP) is 4.49. The van der Waals surface area contributed by atoms with Crippen molar-refractivity contribution in [3.63, 3.8) is 0 Å². The quantitative estimate of drug-likeness (QED) is 0.534. The van der Waals surface area contributed by atoms with Crippen molar-refractivity contribution < 1.29 is 9.53 Å². The molecule has 0 radical (unpaired) electrons. The Morgan fingerprint density at radius 3 is 2.82 bits per heavy atom. The zero-order valence-corrected chi connectivity index (χ0v) is 16.0. The number of amides is 1. The van der Waals surface area contributed by atoms with E-state index < -0.39 is 6.09 Å². The van der Waals surface area contributed by atoms with Crippen LogP contribution in [0.15, 0.2) is 54.7 Å². The Bertz CT molecular complexity index is 1190. The molecule has 3 N–H and O–H groups in total. The molecule has 1 amide bonds. The molecule has 0 spiro atoms. The molecule has 0 unspecified atom stereocenters. The summed E-state index contributed by atoms with van der Waals surface area (Å²) in [5, 5.41) is 5.26. The fraction of sp³-hybridized carbons (Fsp3) is 0.143. The van der Waals surface area contributed by atoms with Gasteiger partial charge in [-0.2, -0.15) is 0 Å². The van der Waals surface area contributed by atoms with Gasteiger partial charge in [0.25, 0.3) is 0 Å². The average Bonchev–Trinajstić information content (AvgIpc) is 3.07. The molecule has 0 bridgehead atoms. The van der Waals surface area contributed by atoms with Gasteiger partial charge in [-0.15, -0.1) is 0 Å². The van der Waals surface area contributed by atoms with E-state index >= 15 is 0 Å². The maximum atomic E-state index is 11.6. The van der Waals surface area contributed by atoms with Gasteiger partial charge in [0.05, 0.1) is 23.5 Å². The maximum Gasteiger partial charge on any atom is 0.411 e. The number of pyridine rings is 1. The zero-order valence-electron chi connectivity index (χ0n) is 15.3. The third kappa shape index (κ3) is 3.17. The summed E-state index contributed by atoms with van der Waals surface area (Å²) in [6, 6.07) is 15.3. The molecule has 2 aromatic heterocycles. The van der Waals surface area contributed by atoms with Gasteiger partial charge >= 0.3 is 6.09 Å². The van der Waals surface area contributed by atoms with E-state index in [1.54, 1.807) is 0 Å². The second-order valence-electron chi connectivity index (χ2n) is 6.35. The second kappa shape index (κ2) is 7.50. The molecule has 0 aliphatic heterocycles. The number of methoxy groups -OCH3 is 1. The SMILES string of the molecule is COC(=O)Nc1ccc2ccn3c(CCN)c(-c4ccccc4Cl)nc3c2c1. The van der Waals surface area contributed by atoms with Crippen molar-refractivity contribution >= 4 is 39.8 Å². The van der Waals surface area contributed by atoms with Crippen molar-refractivity contribution in [1.29, 1.82) is 0 Å². The van der Waals surface area contributed by atoms with Gasteiger partial charge in [0.15, 0.2) is 0 Å². The van der Waals surface area contributed by atoms with Crippen molar-refractivity contribution in [2.24, 2.45) is 5.73 Å².